The number of aliphatic hydroxyl groups is 1. The van der Waals surface area contributed by atoms with Gasteiger partial charge in [0.25, 0.3) is 0 Å². The van der Waals surface area contributed by atoms with Crippen molar-refractivity contribution < 1.29 is 14.6 Å². The summed E-state index contributed by atoms with van der Waals surface area (Å²) in [6.45, 7) is 8.07. The molecular formula is C17H21NO3. The highest BCUT2D eigenvalue weighted by atomic mass is 16.5. The van der Waals surface area contributed by atoms with Crippen molar-refractivity contribution in [1.82, 2.24) is 4.90 Å². The largest absolute Gasteiger partial charge is 0.368 e. The van der Waals surface area contributed by atoms with E-state index in [0.29, 0.717) is 19.6 Å². The van der Waals surface area contributed by atoms with Gasteiger partial charge in [-0.2, -0.15) is 0 Å². The van der Waals surface area contributed by atoms with Crippen LogP contribution in [-0.4, -0.2) is 34.3 Å². The first kappa shape index (κ1) is 15.5. The molecule has 0 spiro atoms. The van der Waals surface area contributed by atoms with Crippen LogP contribution in [0.4, 0.5) is 0 Å². The number of rotatable bonds is 7. The molecule has 2 atom stereocenters. The molecular weight excluding hydrogens is 266 g/mol. The molecule has 0 saturated carbocycles. The Morgan fingerprint density at radius 3 is 2.71 bits per heavy atom. The minimum Gasteiger partial charge on any atom is -0.368 e. The highest BCUT2D eigenvalue weighted by Gasteiger charge is 2.50. The number of likely N-dealkylation sites (tertiary alicyclic amines) is 1. The van der Waals surface area contributed by atoms with E-state index in [1.54, 1.807) is 6.08 Å². The highest BCUT2D eigenvalue weighted by molar-refractivity contribution is 5.81. The van der Waals surface area contributed by atoms with Crippen molar-refractivity contribution in [2.45, 2.75) is 31.3 Å². The maximum absolute atomic E-state index is 12.1. The number of carbonyl (C=O) groups is 1. The second-order valence-corrected chi connectivity index (χ2v) is 5.10. The predicted molar refractivity (Wildman–Crippen MR) is 81.3 cm³/mol. The summed E-state index contributed by atoms with van der Waals surface area (Å²) in [6, 6.07) is 9.67. The average Bonchev–Trinajstić information content (AvgIpc) is 2.75. The van der Waals surface area contributed by atoms with Gasteiger partial charge in [-0.25, -0.2) is 0 Å². The molecule has 112 valence electrons. The zero-order valence-electron chi connectivity index (χ0n) is 12.1. The highest BCUT2D eigenvalue weighted by Crippen LogP contribution is 2.32. The third-order valence-corrected chi connectivity index (χ3v) is 3.72. The van der Waals surface area contributed by atoms with Crippen LogP contribution in [0.15, 0.2) is 55.6 Å². The molecule has 4 heteroatoms. The molecule has 1 heterocycles. The number of ether oxygens (including phenoxy) is 1. The zero-order valence-corrected chi connectivity index (χ0v) is 12.1. The normalized spacial score (nSPS) is 25.1. The summed E-state index contributed by atoms with van der Waals surface area (Å²) < 4.78 is 5.77. The monoisotopic (exact) mass is 287 g/mol. The Balaban J connectivity index is 2.07. The first-order chi connectivity index (χ1) is 10.1. The van der Waals surface area contributed by atoms with Crippen LogP contribution in [0, 0.1) is 0 Å². The molecule has 0 aromatic heterocycles. The van der Waals surface area contributed by atoms with Gasteiger partial charge in [0.2, 0.25) is 5.91 Å². The van der Waals surface area contributed by atoms with E-state index >= 15 is 0 Å². The maximum Gasteiger partial charge on any atom is 0.227 e. The predicted octanol–water partition coefficient (Wildman–Crippen LogP) is 2.25. The van der Waals surface area contributed by atoms with E-state index in [2.05, 4.69) is 13.2 Å². The van der Waals surface area contributed by atoms with Gasteiger partial charge in [0.05, 0.1) is 13.0 Å². The average molecular weight is 287 g/mol. The Morgan fingerprint density at radius 2 is 2.10 bits per heavy atom. The lowest BCUT2D eigenvalue weighted by atomic mass is 10.1. The van der Waals surface area contributed by atoms with Crippen molar-refractivity contribution in [3.63, 3.8) is 0 Å². The van der Waals surface area contributed by atoms with Crippen molar-refractivity contribution in [3.05, 3.63) is 61.2 Å². The standard InChI is InChI=1S/C17H21NO3/c1-3-5-11-18-16(19)12-15(17(18,20)4-2)21-13-14-9-7-6-8-10-14/h3-4,6-10,15,20H,1-2,5,11-13H2/t15-,17?/m0/s1. The molecule has 1 aliphatic rings. The van der Waals surface area contributed by atoms with Crippen molar-refractivity contribution in [2.75, 3.05) is 6.54 Å². The lowest BCUT2D eigenvalue weighted by molar-refractivity contribution is -0.150. The molecule has 2 rings (SSSR count). The summed E-state index contributed by atoms with van der Waals surface area (Å²) in [5, 5.41) is 10.7. The zero-order chi connectivity index (χ0) is 15.3. The summed E-state index contributed by atoms with van der Waals surface area (Å²) in [5.41, 5.74) is -0.449. The van der Waals surface area contributed by atoms with E-state index in [9.17, 15) is 9.90 Å². The van der Waals surface area contributed by atoms with E-state index in [-0.39, 0.29) is 12.3 Å². The van der Waals surface area contributed by atoms with E-state index in [0.717, 1.165) is 5.56 Å². The molecule has 1 N–H and O–H groups in total. The quantitative estimate of drug-likeness (QED) is 0.783. The van der Waals surface area contributed by atoms with Gasteiger partial charge in [0.1, 0.15) is 6.10 Å². The van der Waals surface area contributed by atoms with Crippen molar-refractivity contribution >= 4 is 5.91 Å². The molecule has 0 radical (unpaired) electrons. The minimum absolute atomic E-state index is 0.127. The van der Waals surface area contributed by atoms with Gasteiger partial charge < -0.3 is 14.7 Å². The van der Waals surface area contributed by atoms with E-state index < -0.39 is 11.8 Å². The Kier molecular flexibility index (Phi) is 4.94. The van der Waals surface area contributed by atoms with Gasteiger partial charge in [0.15, 0.2) is 5.72 Å². The van der Waals surface area contributed by atoms with Crippen LogP contribution in [0.2, 0.25) is 0 Å². The summed E-state index contributed by atoms with van der Waals surface area (Å²) in [4.78, 5) is 13.5. The fraction of sp³-hybridized carbons (Fsp3) is 0.353. The van der Waals surface area contributed by atoms with Crippen molar-refractivity contribution in [3.8, 4) is 0 Å². The van der Waals surface area contributed by atoms with Crippen LogP contribution in [0.5, 0.6) is 0 Å². The number of hydrogen-bond donors (Lipinski definition) is 1. The fourth-order valence-corrected chi connectivity index (χ4v) is 2.51. The topological polar surface area (TPSA) is 49.8 Å². The number of nitrogens with zero attached hydrogens (tertiary/aromatic N) is 1. The molecule has 4 nitrogen and oxygen atoms in total. The van der Waals surface area contributed by atoms with Crippen LogP contribution in [0.1, 0.15) is 18.4 Å². The van der Waals surface area contributed by atoms with Crippen LogP contribution < -0.4 is 0 Å². The van der Waals surface area contributed by atoms with Gasteiger partial charge in [-0.15, -0.1) is 6.58 Å². The number of carbonyl (C=O) groups excluding carboxylic acids is 1. The molecule has 1 aliphatic heterocycles. The van der Waals surface area contributed by atoms with Crippen LogP contribution in [-0.2, 0) is 16.1 Å². The maximum atomic E-state index is 12.1. The van der Waals surface area contributed by atoms with Crippen LogP contribution in [0.3, 0.4) is 0 Å². The summed E-state index contributed by atoms with van der Waals surface area (Å²) in [7, 11) is 0. The summed E-state index contributed by atoms with van der Waals surface area (Å²) in [6.07, 6.45) is 3.28. The first-order valence-electron chi connectivity index (χ1n) is 7.04. The molecule has 21 heavy (non-hydrogen) atoms. The molecule has 1 fully saturated rings. The molecule has 1 aromatic carbocycles. The first-order valence-corrected chi connectivity index (χ1v) is 7.04. The SMILES string of the molecule is C=CCCN1C(=O)C[C@H](OCc2ccccc2)C1(O)C=C. The van der Waals surface area contributed by atoms with Gasteiger partial charge in [0, 0.05) is 6.54 Å². The van der Waals surface area contributed by atoms with Crippen LogP contribution >= 0.6 is 0 Å². The second kappa shape index (κ2) is 6.70. The number of hydrogen-bond acceptors (Lipinski definition) is 3. The lowest BCUT2D eigenvalue weighted by Gasteiger charge is -2.34. The van der Waals surface area contributed by atoms with E-state index in [1.165, 1.54) is 11.0 Å². The Bertz CT molecular complexity index is 514. The molecule has 1 unspecified atom stereocenters. The Hall–Kier alpha value is -1.91. The Morgan fingerprint density at radius 1 is 1.38 bits per heavy atom. The summed E-state index contributed by atoms with van der Waals surface area (Å²) >= 11 is 0. The second-order valence-electron chi connectivity index (χ2n) is 5.10. The third-order valence-electron chi connectivity index (χ3n) is 3.72. The van der Waals surface area contributed by atoms with E-state index in [1.807, 2.05) is 30.3 Å². The smallest absolute Gasteiger partial charge is 0.227 e. The lowest BCUT2D eigenvalue weighted by Crippen LogP contribution is -2.50. The molecule has 1 amide bonds. The molecule has 1 aromatic rings. The Labute approximate surface area is 125 Å². The number of amides is 1. The summed E-state index contributed by atoms with van der Waals surface area (Å²) in [5.74, 6) is -0.127. The van der Waals surface area contributed by atoms with Crippen molar-refractivity contribution in [2.24, 2.45) is 0 Å². The molecule has 0 aliphatic carbocycles. The molecule has 1 saturated heterocycles. The van der Waals surface area contributed by atoms with Gasteiger partial charge >= 0.3 is 0 Å². The van der Waals surface area contributed by atoms with Gasteiger partial charge in [-0.1, -0.05) is 43.0 Å². The van der Waals surface area contributed by atoms with Crippen LogP contribution in [0.25, 0.3) is 0 Å². The van der Waals surface area contributed by atoms with Crippen molar-refractivity contribution in [1.29, 1.82) is 0 Å². The number of benzene rings is 1. The minimum atomic E-state index is -1.45. The van der Waals surface area contributed by atoms with Gasteiger partial charge in [-0.05, 0) is 18.1 Å². The van der Waals surface area contributed by atoms with Gasteiger partial charge in [-0.3, -0.25) is 4.79 Å². The molecule has 0 bridgehead atoms. The fourth-order valence-electron chi connectivity index (χ4n) is 2.51. The van der Waals surface area contributed by atoms with E-state index in [4.69, 9.17) is 4.74 Å². The third kappa shape index (κ3) is 3.23.